The van der Waals surface area contributed by atoms with E-state index in [0.717, 1.165) is 25.9 Å². The highest BCUT2D eigenvalue weighted by Crippen LogP contribution is 2.15. The van der Waals surface area contributed by atoms with Crippen LogP contribution in [0.1, 0.15) is 36.2 Å². The molecule has 0 spiro atoms. The second kappa shape index (κ2) is 6.99. The van der Waals surface area contributed by atoms with Gasteiger partial charge in [-0.05, 0) is 19.3 Å². The van der Waals surface area contributed by atoms with Crippen LogP contribution in [0.15, 0.2) is 6.20 Å². The summed E-state index contributed by atoms with van der Waals surface area (Å²) < 4.78 is 6.88. The molecule has 1 amide bonds. The molecule has 8 nitrogen and oxygen atoms in total. The molecule has 1 unspecified atom stereocenters. The first-order valence-corrected chi connectivity index (χ1v) is 6.67. The van der Waals surface area contributed by atoms with E-state index in [9.17, 15) is 9.59 Å². The molecular formula is C12H18N4O4. The zero-order valence-corrected chi connectivity index (χ0v) is 11.1. The molecule has 0 saturated carbocycles. The number of carbonyl (C=O) groups excluding carboxylic acids is 1. The van der Waals surface area contributed by atoms with E-state index >= 15 is 0 Å². The molecule has 1 fully saturated rings. The Morgan fingerprint density at radius 2 is 2.35 bits per heavy atom. The quantitative estimate of drug-likeness (QED) is 0.763. The minimum Gasteiger partial charge on any atom is -0.476 e. The average molecular weight is 282 g/mol. The Hall–Kier alpha value is -1.96. The van der Waals surface area contributed by atoms with Gasteiger partial charge in [-0.1, -0.05) is 5.21 Å². The summed E-state index contributed by atoms with van der Waals surface area (Å²) in [5.74, 6) is -1.18. The largest absolute Gasteiger partial charge is 0.476 e. The van der Waals surface area contributed by atoms with E-state index in [-0.39, 0.29) is 17.7 Å². The lowest BCUT2D eigenvalue weighted by Crippen LogP contribution is -2.32. The molecule has 2 rings (SSSR count). The Morgan fingerprint density at radius 3 is 3.00 bits per heavy atom. The summed E-state index contributed by atoms with van der Waals surface area (Å²) in [5, 5.41) is 18.6. The average Bonchev–Trinajstić information content (AvgIpc) is 2.89. The van der Waals surface area contributed by atoms with Crippen molar-refractivity contribution in [2.45, 2.75) is 38.3 Å². The highest BCUT2D eigenvalue weighted by Gasteiger charge is 2.17. The number of rotatable bonds is 6. The van der Waals surface area contributed by atoms with Gasteiger partial charge in [0.15, 0.2) is 5.69 Å². The Balaban J connectivity index is 1.66. The standard InChI is InChI=1S/C12H18N4O4/c17-11(7-9-3-1-2-6-20-9)13-4-5-16-8-10(12(18)19)14-15-16/h8-9H,1-7H2,(H,13,17)(H,18,19). The maximum Gasteiger partial charge on any atom is 0.358 e. The van der Waals surface area contributed by atoms with Crippen LogP contribution in [-0.2, 0) is 16.1 Å². The van der Waals surface area contributed by atoms with Crippen LogP contribution in [0.3, 0.4) is 0 Å². The molecular weight excluding hydrogens is 264 g/mol. The van der Waals surface area contributed by atoms with Gasteiger partial charge in [0.05, 0.1) is 25.3 Å². The Morgan fingerprint density at radius 1 is 1.50 bits per heavy atom. The van der Waals surface area contributed by atoms with Gasteiger partial charge in [-0.25, -0.2) is 9.48 Å². The molecule has 1 saturated heterocycles. The molecule has 8 heteroatoms. The first-order valence-electron chi connectivity index (χ1n) is 6.67. The van der Waals surface area contributed by atoms with Gasteiger partial charge in [-0.2, -0.15) is 0 Å². The van der Waals surface area contributed by atoms with E-state index in [4.69, 9.17) is 9.84 Å². The minimum absolute atomic E-state index is 0.0220. The molecule has 1 aromatic rings. The fourth-order valence-corrected chi connectivity index (χ4v) is 2.06. The number of ether oxygens (including phenoxy) is 1. The Bertz CT molecular complexity index is 468. The third kappa shape index (κ3) is 4.30. The molecule has 110 valence electrons. The van der Waals surface area contributed by atoms with Gasteiger partial charge in [0.1, 0.15) is 0 Å². The number of hydrogen-bond donors (Lipinski definition) is 2. The molecule has 2 heterocycles. The summed E-state index contributed by atoms with van der Waals surface area (Å²) in [6.07, 6.45) is 4.83. The van der Waals surface area contributed by atoms with Gasteiger partial charge in [-0.3, -0.25) is 4.79 Å². The van der Waals surface area contributed by atoms with Crippen LogP contribution in [-0.4, -0.2) is 51.2 Å². The molecule has 1 aromatic heterocycles. The van der Waals surface area contributed by atoms with Crippen LogP contribution < -0.4 is 5.32 Å². The molecule has 0 aliphatic carbocycles. The molecule has 1 aliphatic rings. The summed E-state index contributed by atoms with van der Waals surface area (Å²) in [6, 6.07) is 0. The van der Waals surface area contributed by atoms with Crippen molar-refractivity contribution in [1.82, 2.24) is 20.3 Å². The number of hydrogen-bond acceptors (Lipinski definition) is 5. The topological polar surface area (TPSA) is 106 Å². The van der Waals surface area contributed by atoms with Gasteiger partial charge < -0.3 is 15.2 Å². The summed E-state index contributed by atoms with van der Waals surface area (Å²) in [6.45, 7) is 1.50. The van der Waals surface area contributed by atoms with Crippen LogP contribution in [0, 0.1) is 0 Å². The maximum atomic E-state index is 11.7. The van der Waals surface area contributed by atoms with Crippen molar-refractivity contribution in [3.63, 3.8) is 0 Å². The normalized spacial score (nSPS) is 18.7. The highest BCUT2D eigenvalue weighted by molar-refractivity contribution is 5.84. The van der Waals surface area contributed by atoms with E-state index in [2.05, 4.69) is 15.6 Å². The molecule has 0 aromatic carbocycles. The van der Waals surface area contributed by atoms with Crippen molar-refractivity contribution >= 4 is 11.9 Å². The van der Waals surface area contributed by atoms with Crippen molar-refractivity contribution in [3.8, 4) is 0 Å². The molecule has 20 heavy (non-hydrogen) atoms. The summed E-state index contributed by atoms with van der Waals surface area (Å²) in [7, 11) is 0. The van der Waals surface area contributed by atoms with E-state index in [1.165, 1.54) is 10.9 Å². The number of carboxylic acids is 1. The van der Waals surface area contributed by atoms with E-state index < -0.39 is 5.97 Å². The predicted octanol–water partition coefficient (Wildman–Crippen LogP) is 0.0517. The first-order chi connectivity index (χ1) is 9.65. The fraction of sp³-hybridized carbons (Fsp3) is 0.667. The number of nitrogens with one attached hydrogen (secondary N) is 1. The molecule has 1 atom stereocenters. The first kappa shape index (κ1) is 14.4. The number of carbonyl (C=O) groups is 2. The lowest BCUT2D eigenvalue weighted by molar-refractivity contribution is -0.124. The van der Waals surface area contributed by atoms with Crippen molar-refractivity contribution in [2.75, 3.05) is 13.2 Å². The lowest BCUT2D eigenvalue weighted by atomic mass is 10.1. The summed E-state index contributed by atoms with van der Waals surface area (Å²) in [4.78, 5) is 22.3. The zero-order chi connectivity index (χ0) is 14.4. The second-order valence-corrected chi connectivity index (χ2v) is 4.71. The van der Waals surface area contributed by atoms with Gasteiger partial charge >= 0.3 is 5.97 Å². The van der Waals surface area contributed by atoms with Crippen molar-refractivity contribution in [1.29, 1.82) is 0 Å². The zero-order valence-electron chi connectivity index (χ0n) is 11.1. The molecule has 0 bridgehead atoms. The Labute approximate surface area is 116 Å². The number of amides is 1. The van der Waals surface area contributed by atoms with E-state index in [0.29, 0.717) is 19.5 Å². The number of aromatic carboxylic acids is 1. The van der Waals surface area contributed by atoms with Crippen molar-refractivity contribution in [3.05, 3.63) is 11.9 Å². The highest BCUT2D eigenvalue weighted by atomic mass is 16.5. The lowest BCUT2D eigenvalue weighted by Gasteiger charge is -2.21. The predicted molar refractivity (Wildman–Crippen MR) is 68.2 cm³/mol. The monoisotopic (exact) mass is 282 g/mol. The van der Waals surface area contributed by atoms with E-state index in [1.54, 1.807) is 0 Å². The summed E-state index contributed by atoms with van der Waals surface area (Å²) in [5.41, 5.74) is -0.105. The van der Waals surface area contributed by atoms with Gasteiger partial charge in [0.25, 0.3) is 0 Å². The third-order valence-corrected chi connectivity index (χ3v) is 3.11. The van der Waals surface area contributed by atoms with Crippen LogP contribution in [0.25, 0.3) is 0 Å². The number of nitrogens with zero attached hydrogens (tertiary/aromatic N) is 3. The summed E-state index contributed by atoms with van der Waals surface area (Å²) >= 11 is 0. The Kier molecular flexibility index (Phi) is 5.05. The molecule has 1 aliphatic heterocycles. The minimum atomic E-state index is -1.12. The molecule has 2 N–H and O–H groups in total. The SMILES string of the molecule is O=C(CC1CCCCO1)NCCn1cc(C(=O)O)nn1. The molecule has 0 radical (unpaired) electrons. The maximum absolute atomic E-state index is 11.7. The van der Waals surface area contributed by atoms with Crippen LogP contribution in [0.2, 0.25) is 0 Å². The second-order valence-electron chi connectivity index (χ2n) is 4.71. The number of carboxylic acid groups (broad SMARTS) is 1. The van der Waals surface area contributed by atoms with Crippen molar-refractivity contribution in [2.24, 2.45) is 0 Å². The van der Waals surface area contributed by atoms with E-state index in [1.807, 2.05) is 0 Å². The van der Waals surface area contributed by atoms with Crippen LogP contribution >= 0.6 is 0 Å². The smallest absolute Gasteiger partial charge is 0.358 e. The van der Waals surface area contributed by atoms with Gasteiger partial charge in [0, 0.05) is 13.2 Å². The fourth-order valence-electron chi connectivity index (χ4n) is 2.06. The van der Waals surface area contributed by atoms with Crippen LogP contribution in [0.4, 0.5) is 0 Å². The third-order valence-electron chi connectivity index (χ3n) is 3.11. The van der Waals surface area contributed by atoms with Crippen LogP contribution in [0.5, 0.6) is 0 Å². The van der Waals surface area contributed by atoms with Gasteiger partial charge in [0.2, 0.25) is 5.91 Å². The number of aromatic nitrogens is 3. The van der Waals surface area contributed by atoms with Gasteiger partial charge in [-0.15, -0.1) is 5.10 Å². The van der Waals surface area contributed by atoms with Crippen molar-refractivity contribution < 1.29 is 19.4 Å².